The Morgan fingerprint density at radius 1 is 0.362 bits per heavy atom. The monoisotopic (exact) mass is 742 g/mol. The molecule has 11 rings (SSSR count). The van der Waals surface area contributed by atoms with Crippen LogP contribution in [0.5, 0.6) is 0 Å². The largest absolute Gasteiger partial charge is 0.309 e. The second-order valence-electron chi connectivity index (χ2n) is 15.6. The standard InChI is InChI=1S/C54H38N4/c1-54(2)45-26-16-25-44(50(45)43-32-29-38(33-46(43)54)35-17-6-3-7-18-35)53-56-51(37-21-10-5-11-22-37)55-52(57-53)39-30-31-40(36-19-8-4-9-20-36)49(34-39)58-47-27-14-12-23-41(47)42-24-13-15-28-48(42)58/h3-34H,1-2H3. The van der Waals surface area contributed by atoms with E-state index >= 15 is 0 Å². The average Bonchev–Trinajstić information content (AvgIpc) is 3.75. The normalized spacial score (nSPS) is 12.8. The minimum Gasteiger partial charge on any atom is -0.309 e. The Hall–Kier alpha value is -7.43. The van der Waals surface area contributed by atoms with Gasteiger partial charge in [0.1, 0.15) is 0 Å². The third-order valence-corrected chi connectivity index (χ3v) is 11.9. The zero-order chi connectivity index (χ0) is 38.8. The molecule has 2 heterocycles. The van der Waals surface area contributed by atoms with E-state index < -0.39 is 0 Å². The maximum Gasteiger partial charge on any atom is 0.164 e. The lowest BCUT2D eigenvalue weighted by Crippen LogP contribution is -2.15. The predicted molar refractivity (Wildman–Crippen MR) is 239 cm³/mol. The lowest BCUT2D eigenvalue weighted by Gasteiger charge is -2.22. The fourth-order valence-corrected chi connectivity index (χ4v) is 9.03. The third-order valence-electron chi connectivity index (χ3n) is 11.9. The van der Waals surface area contributed by atoms with Crippen molar-refractivity contribution in [2.75, 3.05) is 0 Å². The third kappa shape index (κ3) is 5.41. The number of fused-ring (bicyclic) bond motifs is 6. The van der Waals surface area contributed by atoms with E-state index in [0.717, 1.165) is 44.5 Å². The maximum absolute atomic E-state index is 5.38. The van der Waals surface area contributed by atoms with Crippen LogP contribution in [0.2, 0.25) is 0 Å². The van der Waals surface area contributed by atoms with E-state index in [1.165, 1.54) is 44.2 Å². The van der Waals surface area contributed by atoms with E-state index in [1.54, 1.807) is 0 Å². The van der Waals surface area contributed by atoms with Crippen LogP contribution in [0.4, 0.5) is 0 Å². The Kier molecular flexibility index (Phi) is 7.80. The molecule has 10 aromatic rings. The van der Waals surface area contributed by atoms with Crippen molar-refractivity contribution in [3.63, 3.8) is 0 Å². The molecule has 1 aliphatic rings. The van der Waals surface area contributed by atoms with Crippen molar-refractivity contribution in [2.45, 2.75) is 19.3 Å². The van der Waals surface area contributed by atoms with Crippen LogP contribution in [-0.2, 0) is 5.41 Å². The molecule has 2 aromatic heterocycles. The smallest absolute Gasteiger partial charge is 0.164 e. The van der Waals surface area contributed by atoms with Crippen LogP contribution in [-0.4, -0.2) is 19.5 Å². The number of hydrogen-bond acceptors (Lipinski definition) is 3. The molecule has 0 amide bonds. The summed E-state index contributed by atoms with van der Waals surface area (Å²) in [4.78, 5) is 15.9. The van der Waals surface area contributed by atoms with Gasteiger partial charge in [-0.2, -0.15) is 0 Å². The predicted octanol–water partition coefficient (Wildman–Crippen LogP) is 13.6. The van der Waals surface area contributed by atoms with E-state index in [-0.39, 0.29) is 5.41 Å². The molecule has 0 fully saturated rings. The number of hydrogen-bond donors (Lipinski definition) is 0. The first-order chi connectivity index (χ1) is 28.5. The van der Waals surface area contributed by atoms with Crippen LogP contribution in [0.15, 0.2) is 194 Å². The average molecular weight is 743 g/mol. The fourth-order valence-electron chi connectivity index (χ4n) is 9.03. The van der Waals surface area contributed by atoms with Crippen molar-refractivity contribution in [3.05, 3.63) is 205 Å². The molecule has 4 heteroatoms. The summed E-state index contributed by atoms with van der Waals surface area (Å²) < 4.78 is 2.39. The maximum atomic E-state index is 5.38. The Balaban J connectivity index is 1.14. The second kappa shape index (κ2) is 13.4. The van der Waals surface area contributed by atoms with Gasteiger partial charge in [-0.25, -0.2) is 15.0 Å². The van der Waals surface area contributed by atoms with Gasteiger partial charge >= 0.3 is 0 Å². The topological polar surface area (TPSA) is 43.6 Å². The molecule has 0 saturated carbocycles. The number of nitrogens with zero attached hydrogens (tertiary/aromatic N) is 4. The molecule has 0 atom stereocenters. The van der Waals surface area contributed by atoms with Gasteiger partial charge in [-0.15, -0.1) is 0 Å². The molecule has 58 heavy (non-hydrogen) atoms. The molecular weight excluding hydrogens is 705 g/mol. The molecule has 8 aromatic carbocycles. The highest BCUT2D eigenvalue weighted by Gasteiger charge is 2.37. The van der Waals surface area contributed by atoms with E-state index in [0.29, 0.717) is 17.5 Å². The van der Waals surface area contributed by atoms with Crippen LogP contribution in [0.1, 0.15) is 25.0 Å². The summed E-state index contributed by atoms with van der Waals surface area (Å²) in [5.41, 5.74) is 15.7. The van der Waals surface area contributed by atoms with Gasteiger partial charge in [0, 0.05) is 38.4 Å². The van der Waals surface area contributed by atoms with Crippen molar-refractivity contribution >= 4 is 21.8 Å². The number of para-hydroxylation sites is 2. The van der Waals surface area contributed by atoms with E-state index in [1.807, 2.05) is 18.2 Å². The molecule has 4 nitrogen and oxygen atoms in total. The Morgan fingerprint density at radius 3 is 1.57 bits per heavy atom. The van der Waals surface area contributed by atoms with Crippen molar-refractivity contribution < 1.29 is 0 Å². The lowest BCUT2D eigenvalue weighted by atomic mass is 9.81. The van der Waals surface area contributed by atoms with Gasteiger partial charge in [0.25, 0.3) is 0 Å². The summed E-state index contributed by atoms with van der Waals surface area (Å²) in [6.45, 7) is 4.66. The first kappa shape index (κ1) is 33.9. The van der Waals surface area contributed by atoms with Gasteiger partial charge in [-0.05, 0) is 63.2 Å². The molecule has 0 aliphatic heterocycles. The highest BCUT2D eigenvalue weighted by Crippen LogP contribution is 2.52. The summed E-state index contributed by atoms with van der Waals surface area (Å²) in [6.07, 6.45) is 0. The molecular formula is C54H38N4. The Labute approximate surface area is 337 Å². The minimum atomic E-state index is -0.214. The SMILES string of the molecule is CC1(C)c2cc(-c3ccccc3)ccc2-c2c(-c3nc(-c4ccccc4)nc(-c4ccc(-c5ccccc5)c(-n5c6ccccc6c6ccccc65)c4)n3)cccc21. The van der Waals surface area contributed by atoms with Gasteiger partial charge in [0.2, 0.25) is 0 Å². The quantitative estimate of drug-likeness (QED) is 0.170. The summed E-state index contributed by atoms with van der Waals surface area (Å²) in [7, 11) is 0. The molecule has 0 unspecified atom stereocenters. The molecule has 1 aliphatic carbocycles. The van der Waals surface area contributed by atoms with Crippen molar-refractivity contribution in [1.29, 1.82) is 0 Å². The zero-order valence-corrected chi connectivity index (χ0v) is 32.3. The van der Waals surface area contributed by atoms with E-state index in [4.69, 9.17) is 15.0 Å². The molecule has 0 saturated heterocycles. The lowest BCUT2D eigenvalue weighted by molar-refractivity contribution is 0.660. The molecule has 0 N–H and O–H groups in total. The van der Waals surface area contributed by atoms with Crippen molar-refractivity contribution in [1.82, 2.24) is 19.5 Å². The van der Waals surface area contributed by atoms with Crippen LogP contribution >= 0.6 is 0 Å². The van der Waals surface area contributed by atoms with Gasteiger partial charge < -0.3 is 4.57 Å². The van der Waals surface area contributed by atoms with Gasteiger partial charge in [-0.1, -0.05) is 184 Å². The first-order valence-corrected chi connectivity index (χ1v) is 19.9. The summed E-state index contributed by atoms with van der Waals surface area (Å²) in [6, 6.07) is 69.0. The first-order valence-electron chi connectivity index (χ1n) is 19.9. The number of aromatic nitrogens is 4. The summed E-state index contributed by atoms with van der Waals surface area (Å²) in [5, 5.41) is 2.43. The van der Waals surface area contributed by atoms with Crippen LogP contribution in [0, 0.1) is 0 Å². The van der Waals surface area contributed by atoms with Crippen molar-refractivity contribution in [3.8, 4) is 73.2 Å². The van der Waals surface area contributed by atoms with Crippen molar-refractivity contribution in [2.24, 2.45) is 0 Å². The van der Waals surface area contributed by atoms with Gasteiger partial charge in [-0.3, -0.25) is 0 Å². The Morgan fingerprint density at radius 2 is 0.897 bits per heavy atom. The summed E-state index contributed by atoms with van der Waals surface area (Å²) >= 11 is 0. The molecule has 274 valence electrons. The fraction of sp³-hybridized carbons (Fsp3) is 0.0556. The number of benzene rings is 8. The van der Waals surface area contributed by atoms with Crippen LogP contribution in [0.25, 0.3) is 95.0 Å². The number of rotatable bonds is 6. The summed E-state index contributed by atoms with van der Waals surface area (Å²) in [5.74, 6) is 1.92. The molecule has 0 bridgehead atoms. The van der Waals surface area contributed by atoms with E-state index in [9.17, 15) is 0 Å². The highest BCUT2D eigenvalue weighted by molar-refractivity contribution is 6.10. The minimum absolute atomic E-state index is 0.214. The van der Waals surface area contributed by atoms with E-state index in [2.05, 4.69) is 194 Å². The van der Waals surface area contributed by atoms with Crippen LogP contribution in [0.3, 0.4) is 0 Å². The van der Waals surface area contributed by atoms with Gasteiger partial charge in [0.15, 0.2) is 17.5 Å². The van der Waals surface area contributed by atoms with Gasteiger partial charge in [0.05, 0.1) is 16.7 Å². The zero-order valence-electron chi connectivity index (χ0n) is 32.3. The highest BCUT2D eigenvalue weighted by atomic mass is 15.0. The van der Waals surface area contributed by atoms with Crippen LogP contribution < -0.4 is 0 Å². The molecule has 0 spiro atoms. The second-order valence-corrected chi connectivity index (χ2v) is 15.6. The Bertz CT molecular complexity index is 3130. The molecule has 0 radical (unpaired) electrons.